The molecule has 1 atom stereocenters. The van der Waals surface area contributed by atoms with Gasteiger partial charge in [0.15, 0.2) is 12.2 Å². The number of benzene rings is 1. The second-order valence-electron chi connectivity index (χ2n) is 5.90. The van der Waals surface area contributed by atoms with Crippen molar-refractivity contribution in [2.24, 2.45) is 0 Å². The van der Waals surface area contributed by atoms with Crippen LogP contribution in [0.3, 0.4) is 0 Å². The average molecular weight is 313 g/mol. The summed E-state index contributed by atoms with van der Waals surface area (Å²) in [5, 5.41) is 0. The molecule has 1 aliphatic rings. The van der Waals surface area contributed by atoms with Crippen LogP contribution in [0, 0.1) is 0 Å². The van der Waals surface area contributed by atoms with Crippen molar-refractivity contribution in [2.75, 3.05) is 26.2 Å². The molecule has 5 heteroatoms. The number of hydrogen-bond acceptors (Lipinski definition) is 4. The fourth-order valence-corrected chi connectivity index (χ4v) is 3.12. The first kappa shape index (κ1) is 15.7. The van der Waals surface area contributed by atoms with Crippen molar-refractivity contribution >= 4 is 5.91 Å². The quantitative estimate of drug-likeness (QED) is 0.871. The first-order chi connectivity index (χ1) is 11.2. The van der Waals surface area contributed by atoms with Gasteiger partial charge in [-0.1, -0.05) is 26.0 Å². The van der Waals surface area contributed by atoms with Gasteiger partial charge in [0.2, 0.25) is 0 Å². The van der Waals surface area contributed by atoms with E-state index < -0.39 is 0 Å². The van der Waals surface area contributed by atoms with Crippen LogP contribution < -0.4 is 0 Å². The van der Waals surface area contributed by atoms with E-state index in [-0.39, 0.29) is 5.91 Å². The van der Waals surface area contributed by atoms with Crippen LogP contribution >= 0.6 is 0 Å². The number of amides is 1. The molecule has 0 aliphatic carbocycles. The number of hydrogen-bond donors (Lipinski definition) is 0. The lowest BCUT2D eigenvalue weighted by Crippen LogP contribution is -2.54. The number of rotatable bonds is 4. The van der Waals surface area contributed by atoms with Gasteiger partial charge in [-0.3, -0.25) is 9.69 Å². The van der Waals surface area contributed by atoms with E-state index in [1.165, 1.54) is 6.39 Å². The van der Waals surface area contributed by atoms with Crippen molar-refractivity contribution in [2.45, 2.75) is 26.3 Å². The van der Waals surface area contributed by atoms with Crippen molar-refractivity contribution in [3.8, 4) is 11.3 Å². The minimum absolute atomic E-state index is 0.122. The Hall–Kier alpha value is -2.14. The Morgan fingerprint density at radius 2 is 2.04 bits per heavy atom. The van der Waals surface area contributed by atoms with Crippen LogP contribution in [0.4, 0.5) is 0 Å². The van der Waals surface area contributed by atoms with Gasteiger partial charge in [-0.15, -0.1) is 0 Å². The van der Waals surface area contributed by atoms with E-state index in [0.717, 1.165) is 43.7 Å². The standard InChI is InChI=1S/C18H23N3O2/c1-3-16-12-20(4-2)9-10-21(16)18(22)15-7-5-14(6-8-15)17-11-19-13-23-17/h5-8,11,13,16H,3-4,9-10,12H2,1-2H3. The van der Waals surface area contributed by atoms with Crippen LogP contribution in [-0.4, -0.2) is 52.9 Å². The predicted octanol–water partition coefficient (Wildman–Crippen LogP) is 2.90. The zero-order chi connectivity index (χ0) is 16.2. The van der Waals surface area contributed by atoms with E-state index in [1.54, 1.807) is 6.20 Å². The molecular formula is C18H23N3O2. The lowest BCUT2D eigenvalue weighted by molar-refractivity contribution is 0.0456. The summed E-state index contributed by atoms with van der Waals surface area (Å²) < 4.78 is 5.28. The Bertz CT molecular complexity index is 637. The molecule has 0 bridgehead atoms. The molecule has 1 aromatic carbocycles. The highest BCUT2D eigenvalue weighted by molar-refractivity contribution is 5.95. The molecule has 2 aromatic rings. The van der Waals surface area contributed by atoms with Crippen molar-refractivity contribution in [3.05, 3.63) is 42.4 Å². The molecule has 2 heterocycles. The number of carbonyl (C=O) groups excluding carboxylic acids is 1. The molecule has 1 aromatic heterocycles. The predicted molar refractivity (Wildman–Crippen MR) is 89.2 cm³/mol. The molecule has 3 rings (SSSR count). The van der Waals surface area contributed by atoms with Gasteiger partial charge in [-0.2, -0.15) is 0 Å². The van der Waals surface area contributed by atoms with Gasteiger partial charge < -0.3 is 9.32 Å². The maximum atomic E-state index is 12.8. The summed E-state index contributed by atoms with van der Waals surface area (Å²) in [6.07, 6.45) is 4.07. The van der Waals surface area contributed by atoms with Gasteiger partial charge in [0.1, 0.15) is 0 Å². The Balaban J connectivity index is 1.74. The van der Waals surface area contributed by atoms with E-state index in [0.29, 0.717) is 11.8 Å². The SMILES string of the molecule is CCC1CN(CC)CCN1C(=O)c1ccc(-c2cnco2)cc1. The maximum Gasteiger partial charge on any atom is 0.254 e. The normalized spacial score (nSPS) is 19.0. The lowest BCUT2D eigenvalue weighted by atomic mass is 10.1. The molecule has 1 amide bonds. The van der Waals surface area contributed by atoms with Gasteiger partial charge in [0.05, 0.1) is 6.20 Å². The van der Waals surface area contributed by atoms with Crippen LogP contribution in [0.25, 0.3) is 11.3 Å². The summed E-state index contributed by atoms with van der Waals surface area (Å²) in [6.45, 7) is 8.09. The second-order valence-corrected chi connectivity index (χ2v) is 5.90. The van der Waals surface area contributed by atoms with Crippen LogP contribution in [0.15, 0.2) is 41.3 Å². The fraction of sp³-hybridized carbons (Fsp3) is 0.444. The monoisotopic (exact) mass is 313 g/mol. The zero-order valence-electron chi connectivity index (χ0n) is 13.7. The third kappa shape index (κ3) is 3.29. The highest BCUT2D eigenvalue weighted by Crippen LogP contribution is 2.21. The Labute approximate surface area is 136 Å². The fourth-order valence-electron chi connectivity index (χ4n) is 3.12. The molecule has 0 radical (unpaired) electrons. The van der Waals surface area contributed by atoms with Gasteiger partial charge in [-0.25, -0.2) is 4.98 Å². The van der Waals surface area contributed by atoms with Crippen molar-refractivity contribution in [3.63, 3.8) is 0 Å². The number of nitrogens with zero attached hydrogens (tertiary/aromatic N) is 3. The Kier molecular flexibility index (Phi) is 4.76. The van der Waals surface area contributed by atoms with E-state index in [4.69, 9.17) is 4.42 Å². The van der Waals surface area contributed by atoms with E-state index in [9.17, 15) is 4.79 Å². The summed E-state index contributed by atoms with van der Waals surface area (Å²) in [5.41, 5.74) is 1.67. The second kappa shape index (κ2) is 6.96. The van der Waals surface area contributed by atoms with Crippen molar-refractivity contribution in [1.29, 1.82) is 0 Å². The van der Waals surface area contributed by atoms with Crippen LogP contribution in [0.5, 0.6) is 0 Å². The van der Waals surface area contributed by atoms with Crippen LogP contribution in [-0.2, 0) is 0 Å². The zero-order valence-corrected chi connectivity index (χ0v) is 13.7. The summed E-state index contributed by atoms with van der Waals surface area (Å²) in [5.74, 6) is 0.837. The maximum absolute atomic E-state index is 12.8. The molecule has 1 saturated heterocycles. The molecule has 5 nitrogen and oxygen atoms in total. The average Bonchev–Trinajstić information content (AvgIpc) is 3.15. The molecule has 1 aliphatic heterocycles. The van der Waals surface area contributed by atoms with E-state index in [1.807, 2.05) is 29.2 Å². The van der Waals surface area contributed by atoms with Gasteiger partial charge >= 0.3 is 0 Å². The highest BCUT2D eigenvalue weighted by atomic mass is 16.3. The Morgan fingerprint density at radius 3 is 2.65 bits per heavy atom. The number of aromatic nitrogens is 1. The molecule has 0 N–H and O–H groups in total. The highest BCUT2D eigenvalue weighted by Gasteiger charge is 2.29. The molecule has 122 valence electrons. The molecule has 0 saturated carbocycles. The molecule has 1 fully saturated rings. The van der Waals surface area contributed by atoms with E-state index in [2.05, 4.69) is 23.7 Å². The first-order valence-electron chi connectivity index (χ1n) is 8.25. The van der Waals surface area contributed by atoms with Gasteiger partial charge in [0.25, 0.3) is 5.91 Å². The summed E-state index contributed by atoms with van der Waals surface area (Å²) in [7, 11) is 0. The van der Waals surface area contributed by atoms with Crippen LogP contribution in [0.1, 0.15) is 30.6 Å². The summed E-state index contributed by atoms with van der Waals surface area (Å²) >= 11 is 0. The number of oxazole rings is 1. The minimum atomic E-state index is 0.122. The topological polar surface area (TPSA) is 49.6 Å². The van der Waals surface area contributed by atoms with Gasteiger partial charge in [-0.05, 0) is 25.1 Å². The molecule has 23 heavy (non-hydrogen) atoms. The summed E-state index contributed by atoms with van der Waals surface area (Å²) in [6, 6.07) is 7.87. The van der Waals surface area contributed by atoms with Crippen LogP contribution in [0.2, 0.25) is 0 Å². The molecule has 0 spiro atoms. The first-order valence-corrected chi connectivity index (χ1v) is 8.25. The van der Waals surface area contributed by atoms with Crippen molar-refractivity contribution < 1.29 is 9.21 Å². The van der Waals surface area contributed by atoms with E-state index >= 15 is 0 Å². The molecule has 1 unspecified atom stereocenters. The third-order valence-corrected chi connectivity index (χ3v) is 4.59. The number of piperazine rings is 1. The van der Waals surface area contributed by atoms with Gasteiger partial charge in [0, 0.05) is 36.8 Å². The third-order valence-electron chi connectivity index (χ3n) is 4.59. The Morgan fingerprint density at radius 1 is 1.26 bits per heavy atom. The minimum Gasteiger partial charge on any atom is -0.444 e. The molecular weight excluding hydrogens is 290 g/mol. The number of likely N-dealkylation sites (N-methyl/N-ethyl adjacent to an activating group) is 1. The van der Waals surface area contributed by atoms with Crippen molar-refractivity contribution in [1.82, 2.24) is 14.8 Å². The number of carbonyl (C=O) groups is 1. The smallest absolute Gasteiger partial charge is 0.254 e. The summed E-state index contributed by atoms with van der Waals surface area (Å²) in [4.78, 5) is 21.2. The largest absolute Gasteiger partial charge is 0.444 e. The lowest BCUT2D eigenvalue weighted by Gasteiger charge is -2.41.